The fourth-order valence-electron chi connectivity index (χ4n) is 4.25. The third kappa shape index (κ3) is 4.09. The van der Waals surface area contributed by atoms with Gasteiger partial charge in [0.1, 0.15) is 5.82 Å². The van der Waals surface area contributed by atoms with E-state index in [-0.39, 0.29) is 35.4 Å². The van der Waals surface area contributed by atoms with Gasteiger partial charge < -0.3 is 9.80 Å². The largest absolute Gasteiger partial charge is 0.338 e. The number of benzene rings is 2. The van der Waals surface area contributed by atoms with Crippen LogP contribution in [0.15, 0.2) is 59.5 Å². The third-order valence-electron chi connectivity index (χ3n) is 5.79. The fraction of sp³-hybridized carbons (Fsp3) is 0.364. The number of amides is 2. The number of nitrogens with zero attached hydrogens (tertiary/aromatic N) is 2. The van der Waals surface area contributed by atoms with Gasteiger partial charge in [-0.1, -0.05) is 18.2 Å². The molecule has 2 unspecified atom stereocenters. The number of hydrogen-bond donors (Lipinski definition) is 0. The highest BCUT2D eigenvalue weighted by atomic mass is 32.2. The average molecular weight is 431 g/mol. The zero-order valence-electron chi connectivity index (χ0n) is 16.4. The minimum atomic E-state index is -3.51. The van der Waals surface area contributed by atoms with Crippen molar-refractivity contribution in [2.75, 3.05) is 23.7 Å². The number of halogens is 1. The summed E-state index contributed by atoms with van der Waals surface area (Å²) in [7, 11) is -3.51. The maximum absolute atomic E-state index is 13.2. The lowest BCUT2D eigenvalue weighted by atomic mass is 10.1. The standard InChI is InChI=1S/C22H23FN2O4S/c23-17-8-10-18(11-9-17)25-14-16(13-21(25)26)22(27)24-12-4-5-19(24)15-30(28,29)20-6-2-1-3-7-20/h1-3,6-11,16,19H,4-5,12-15H2. The number of carbonyl (C=O) groups excluding carboxylic acids is 2. The van der Waals surface area contributed by atoms with Crippen LogP contribution in [0.3, 0.4) is 0 Å². The van der Waals surface area contributed by atoms with Crippen LogP contribution < -0.4 is 4.90 Å². The summed E-state index contributed by atoms with van der Waals surface area (Å²) in [6.45, 7) is 0.715. The quantitative estimate of drug-likeness (QED) is 0.731. The van der Waals surface area contributed by atoms with Crippen LogP contribution in [0, 0.1) is 11.7 Å². The molecule has 6 nitrogen and oxygen atoms in total. The average Bonchev–Trinajstić information content (AvgIpc) is 3.35. The summed E-state index contributed by atoms with van der Waals surface area (Å²) in [6.07, 6.45) is 1.44. The summed E-state index contributed by atoms with van der Waals surface area (Å²) in [5.74, 6) is -1.41. The second kappa shape index (κ2) is 8.18. The third-order valence-corrected chi connectivity index (χ3v) is 7.60. The molecule has 30 heavy (non-hydrogen) atoms. The first-order chi connectivity index (χ1) is 14.3. The lowest BCUT2D eigenvalue weighted by Gasteiger charge is -2.27. The van der Waals surface area contributed by atoms with Crippen molar-refractivity contribution in [1.82, 2.24) is 4.90 Å². The molecule has 0 aromatic heterocycles. The lowest BCUT2D eigenvalue weighted by Crippen LogP contribution is -2.43. The van der Waals surface area contributed by atoms with Gasteiger partial charge in [0.15, 0.2) is 9.84 Å². The molecule has 2 saturated heterocycles. The van der Waals surface area contributed by atoms with Crippen LogP contribution in [0.5, 0.6) is 0 Å². The van der Waals surface area contributed by atoms with Gasteiger partial charge in [0.2, 0.25) is 11.8 Å². The van der Waals surface area contributed by atoms with Crippen molar-refractivity contribution in [2.24, 2.45) is 5.92 Å². The maximum Gasteiger partial charge on any atom is 0.228 e. The van der Waals surface area contributed by atoms with E-state index >= 15 is 0 Å². The highest BCUT2D eigenvalue weighted by Gasteiger charge is 2.41. The van der Waals surface area contributed by atoms with Crippen LogP contribution in [0.4, 0.5) is 10.1 Å². The minimum Gasteiger partial charge on any atom is -0.338 e. The minimum absolute atomic E-state index is 0.0743. The smallest absolute Gasteiger partial charge is 0.228 e. The molecule has 0 saturated carbocycles. The first-order valence-corrected chi connectivity index (χ1v) is 11.6. The van der Waals surface area contributed by atoms with E-state index in [2.05, 4.69) is 0 Å². The van der Waals surface area contributed by atoms with E-state index in [1.807, 2.05) is 0 Å². The summed E-state index contributed by atoms with van der Waals surface area (Å²) in [6, 6.07) is 13.4. The molecule has 2 amide bonds. The molecule has 2 aliphatic heterocycles. The van der Waals surface area contributed by atoms with Gasteiger partial charge >= 0.3 is 0 Å². The number of sulfone groups is 1. The second-order valence-corrected chi connectivity index (χ2v) is 9.84. The van der Waals surface area contributed by atoms with Gasteiger partial charge in [-0.15, -0.1) is 0 Å². The highest BCUT2D eigenvalue weighted by molar-refractivity contribution is 7.91. The summed E-state index contributed by atoms with van der Waals surface area (Å²) in [4.78, 5) is 29.0. The molecular weight excluding hydrogens is 407 g/mol. The molecule has 2 aromatic carbocycles. The Morgan fingerprint density at radius 1 is 1.07 bits per heavy atom. The van der Waals surface area contributed by atoms with Crippen molar-refractivity contribution < 1.29 is 22.4 Å². The number of likely N-dealkylation sites (tertiary alicyclic amines) is 1. The number of rotatable bonds is 5. The molecule has 2 aromatic rings. The molecule has 2 heterocycles. The van der Waals surface area contributed by atoms with Gasteiger partial charge in [-0.05, 0) is 49.2 Å². The predicted octanol–water partition coefficient (Wildman–Crippen LogP) is 2.64. The Labute approximate surface area is 175 Å². The van der Waals surface area contributed by atoms with E-state index in [0.29, 0.717) is 18.7 Å². The fourth-order valence-corrected chi connectivity index (χ4v) is 5.87. The van der Waals surface area contributed by atoms with E-state index in [9.17, 15) is 22.4 Å². The Kier molecular flexibility index (Phi) is 5.60. The first kappa shape index (κ1) is 20.5. The van der Waals surface area contributed by atoms with E-state index in [1.165, 1.54) is 29.2 Å². The number of hydrogen-bond acceptors (Lipinski definition) is 4. The SMILES string of the molecule is O=C1CC(C(=O)N2CCCC2CS(=O)(=O)c2ccccc2)CN1c1ccc(F)cc1. The van der Waals surface area contributed by atoms with Gasteiger partial charge in [0.25, 0.3) is 0 Å². The summed E-state index contributed by atoms with van der Waals surface area (Å²) < 4.78 is 38.7. The molecule has 4 rings (SSSR count). The monoisotopic (exact) mass is 430 g/mol. The van der Waals surface area contributed by atoms with Gasteiger partial charge in [-0.3, -0.25) is 9.59 Å². The van der Waals surface area contributed by atoms with Gasteiger partial charge in [-0.25, -0.2) is 12.8 Å². The van der Waals surface area contributed by atoms with Crippen LogP contribution in [-0.4, -0.2) is 50.0 Å². The van der Waals surface area contributed by atoms with Crippen molar-refractivity contribution >= 4 is 27.3 Å². The summed E-state index contributed by atoms with van der Waals surface area (Å²) >= 11 is 0. The number of carbonyl (C=O) groups is 2. The van der Waals surface area contributed by atoms with Crippen molar-refractivity contribution in [1.29, 1.82) is 0 Å². The van der Waals surface area contributed by atoms with E-state index in [4.69, 9.17) is 0 Å². The van der Waals surface area contributed by atoms with Crippen molar-refractivity contribution in [3.63, 3.8) is 0 Å². The molecule has 0 aliphatic carbocycles. The normalized spacial score (nSPS) is 22.0. The molecule has 0 radical (unpaired) electrons. The lowest BCUT2D eigenvalue weighted by molar-refractivity contribution is -0.136. The molecule has 0 bridgehead atoms. The Balaban J connectivity index is 1.46. The molecule has 2 atom stereocenters. The molecular formula is C22H23FN2O4S. The zero-order valence-corrected chi connectivity index (χ0v) is 17.2. The van der Waals surface area contributed by atoms with Gasteiger partial charge in [0, 0.05) is 31.2 Å². The Hall–Kier alpha value is -2.74. The van der Waals surface area contributed by atoms with Gasteiger partial charge in [0.05, 0.1) is 16.6 Å². The van der Waals surface area contributed by atoms with E-state index < -0.39 is 27.6 Å². The van der Waals surface area contributed by atoms with Crippen LogP contribution in [0.25, 0.3) is 0 Å². The van der Waals surface area contributed by atoms with Crippen LogP contribution in [-0.2, 0) is 19.4 Å². The Morgan fingerprint density at radius 2 is 1.77 bits per heavy atom. The van der Waals surface area contributed by atoms with E-state index in [1.54, 1.807) is 35.2 Å². The maximum atomic E-state index is 13.2. The molecule has 0 spiro atoms. The van der Waals surface area contributed by atoms with Crippen LogP contribution in [0.1, 0.15) is 19.3 Å². The first-order valence-electron chi connectivity index (χ1n) is 9.99. The second-order valence-electron chi connectivity index (χ2n) is 7.80. The highest BCUT2D eigenvalue weighted by Crippen LogP contribution is 2.30. The molecule has 158 valence electrons. The molecule has 2 aliphatic rings. The van der Waals surface area contributed by atoms with Crippen LogP contribution >= 0.6 is 0 Å². The molecule has 2 fully saturated rings. The predicted molar refractivity (Wildman–Crippen MR) is 110 cm³/mol. The molecule has 0 N–H and O–H groups in total. The van der Waals surface area contributed by atoms with Gasteiger partial charge in [-0.2, -0.15) is 0 Å². The van der Waals surface area contributed by atoms with Crippen molar-refractivity contribution in [3.05, 3.63) is 60.4 Å². The summed E-state index contributed by atoms with van der Waals surface area (Å²) in [5, 5.41) is 0. The molecule has 8 heteroatoms. The Bertz CT molecular complexity index is 1040. The summed E-state index contributed by atoms with van der Waals surface area (Å²) in [5.41, 5.74) is 0.557. The van der Waals surface area contributed by atoms with E-state index in [0.717, 1.165) is 6.42 Å². The Morgan fingerprint density at radius 3 is 2.47 bits per heavy atom. The topological polar surface area (TPSA) is 74.8 Å². The zero-order chi connectivity index (χ0) is 21.3. The van der Waals surface area contributed by atoms with Crippen molar-refractivity contribution in [3.8, 4) is 0 Å². The van der Waals surface area contributed by atoms with Crippen LogP contribution in [0.2, 0.25) is 0 Å². The number of anilines is 1. The van der Waals surface area contributed by atoms with Crippen molar-refractivity contribution in [2.45, 2.75) is 30.2 Å².